The van der Waals surface area contributed by atoms with Crippen LogP contribution in [0.25, 0.3) is 0 Å². The summed E-state index contributed by atoms with van der Waals surface area (Å²) < 4.78 is 32.7. The zero-order valence-corrected chi connectivity index (χ0v) is 17.2. The van der Waals surface area contributed by atoms with Crippen molar-refractivity contribution in [1.82, 2.24) is 0 Å². The number of fused-ring (bicyclic) bond motifs is 1. The van der Waals surface area contributed by atoms with Gasteiger partial charge in [-0.2, -0.15) is 0 Å². The van der Waals surface area contributed by atoms with Crippen molar-refractivity contribution in [2.45, 2.75) is 26.2 Å². The van der Waals surface area contributed by atoms with Crippen LogP contribution in [0.4, 0.5) is 0 Å². The number of hydrogen-bond acceptors (Lipinski definition) is 7. The van der Waals surface area contributed by atoms with E-state index in [0.717, 1.165) is 23.5 Å². The Bertz CT molecular complexity index is 876. The van der Waals surface area contributed by atoms with E-state index in [1.807, 2.05) is 25.1 Å². The first-order valence-electron chi connectivity index (χ1n) is 9.50. The summed E-state index contributed by atoms with van der Waals surface area (Å²) >= 11 is 0. The Morgan fingerprint density at radius 2 is 1.72 bits per heavy atom. The Labute approximate surface area is 170 Å². The molecule has 7 nitrogen and oxygen atoms in total. The lowest BCUT2D eigenvalue weighted by Gasteiger charge is -2.19. The summed E-state index contributed by atoms with van der Waals surface area (Å²) in [5.41, 5.74) is 2.18. The number of hydrogen-bond donors (Lipinski definition) is 0. The Morgan fingerprint density at radius 3 is 2.41 bits per heavy atom. The predicted octanol–water partition coefficient (Wildman–Crippen LogP) is 3.79. The summed E-state index contributed by atoms with van der Waals surface area (Å²) in [6.45, 7) is 2.52. The first-order valence-corrected chi connectivity index (χ1v) is 9.50. The maximum atomic E-state index is 12.7. The maximum Gasteiger partial charge on any atom is 0.338 e. The van der Waals surface area contributed by atoms with E-state index in [1.54, 1.807) is 13.2 Å². The monoisotopic (exact) mass is 402 g/mol. The number of benzene rings is 2. The number of aryl methyl sites for hydroxylation is 1. The summed E-state index contributed by atoms with van der Waals surface area (Å²) in [4.78, 5) is 12.7. The highest BCUT2D eigenvalue weighted by atomic mass is 16.7. The van der Waals surface area contributed by atoms with Gasteiger partial charge < -0.3 is 28.4 Å². The fraction of sp³-hybridized carbons (Fsp3) is 0.409. The summed E-state index contributed by atoms with van der Waals surface area (Å²) in [5.74, 6) is 2.39. The van der Waals surface area contributed by atoms with Gasteiger partial charge in [0, 0.05) is 5.56 Å². The molecule has 2 aromatic carbocycles. The number of esters is 1. The van der Waals surface area contributed by atoms with Crippen LogP contribution >= 0.6 is 0 Å². The van der Waals surface area contributed by atoms with Crippen LogP contribution < -0.4 is 23.7 Å². The maximum absolute atomic E-state index is 12.7. The van der Waals surface area contributed by atoms with Crippen molar-refractivity contribution in [1.29, 1.82) is 0 Å². The minimum Gasteiger partial charge on any atom is -0.493 e. The molecule has 29 heavy (non-hydrogen) atoms. The number of ether oxygens (including phenoxy) is 6. The zero-order chi connectivity index (χ0) is 20.8. The van der Waals surface area contributed by atoms with Gasteiger partial charge in [-0.1, -0.05) is 13.0 Å². The molecule has 0 aromatic heterocycles. The van der Waals surface area contributed by atoms with Crippen LogP contribution in [0.2, 0.25) is 0 Å². The van der Waals surface area contributed by atoms with E-state index in [-0.39, 0.29) is 6.79 Å². The average molecular weight is 402 g/mol. The molecule has 156 valence electrons. The molecule has 7 heteroatoms. The van der Waals surface area contributed by atoms with E-state index in [2.05, 4.69) is 0 Å². The van der Waals surface area contributed by atoms with Crippen molar-refractivity contribution in [3.05, 3.63) is 41.0 Å². The minimum absolute atomic E-state index is 0.232. The quantitative estimate of drug-likeness (QED) is 0.591. The molecule has 0 radical (unpaired) electrons. The van der Waals surface area contributed by atoms with E-state index in [1.165, 1.54) is 14.2 Å². The zero-order valence-electron chi connectivity index (χ0n) is 17.2. The molecule has 0 fully saturated rings. The van der Waals surface area contributed by atoms with Crippen molar-refractivity contribution in [2.24, 2.45) is 0 Å². The first-order chi connectivity index (χ1) is 14.1. The van der Waals surface area contributed by atoms with E-state index in [0.29, 0.717) is 47.8 Å². The summed E-state index contributed by atoms with van der Waals surface area (Å²) in [5, 5.41) is 0. The predicted molar refractivity (Wildman–Crippen MR) is 107 cm³/mol. The van der Waals surface area contributed by atoms with Crippen LogP contribution in [0, 0.1) is 0 Å². The summed E-state index contributed by atoms with van der Waals surface area (Å²) in [7, 11) is 4.60. The van der Waals surface area contributed by atoms with Gasteiger partial charge in [-0.25, -0.2) is 4.79 Å². The first kappa shape index (κ1) is 20.6. The molecule has 0 spiro atoms. The Hall–Kier alpha value is -3.09. The normalized spacial score (nSPS) is 11.9. The third-order valence-corrected chi connectivity index (χ3v) is 4.69. The van der Waals surface area contributed by atoms with Crippen LogP contribution in [0.3, 0.4) is 0 Å². The molecule has 0 saturated carbocycles. The molecule has 0 unspecified atom stereocenters. The van der Waals surface area contributed by atoms with Gasteiger partial charge in [0.25, 0.3) is 0 Å². The lowest BCUT2D eigenvalue weighted by molar-refractivity contribution is 0.0502. The van der Waals surface area contributed by atoms with Gasteiger partial charge in [0.1, 0.15) is 0 Å². The molecule has 0 saturated heterocycles. The number of carbonyl (C=O) groups is 1. The Morgan fingerprint density at radius 1 is 0.966 bits per heavy atom. The highest BCUT2D eigenvalue weighted by Crippen LogP contribution is 2.43. The third kappa shape index (κ3) is 4.34. The molecule has 1 aliphatic heterocycles. The SMILES string of the molecule is CCCOC(=O)c1cc(OC)c(OC)c(OC)c1CCc1ccc2c(c1)OCO2. The standard InChI is InChI=1S/C22H26O7/c1-5-10-27-22(23)16-12-19(24-2)21(26-4)20(25-3)15(16)8-6-14-7-9-17-18(11-14)29-13-28-17/h7,9,11-12H,5-6,8,10,13H2,1-4H3. The summed E-state index contributed by atoms with van der Waals surface area (Å²) in [6, 6.07) is 7.47. The molecule has 1 heterocycles. The van der Waals surface area contributed by atoms with Crippen LogP contribution in [0.1, 0.15) is 34.8 Å². The van der Waals surface area contributed by atoms with Crippen LogP contribution in [0.15, 0.2) is 24.3 Å². The molecular weight excluding hydrogens is 376 g/mol. The molecule has 0 amide bonds. The molecule has 2 aromatic rings. The second kappa shape index (κ2) is 9.41. The van der Waals surface area contributed by atoms with E-state index < -0.39 is 5.97 Å². The van der Waals surface area contributed by atoms with Gasteiger partial charge in [0.2, 0.25) is 12.5 Å². The molecule has 0 bridgehead atoms. The topological polar surface area (TPSA) is 72.5 Å². The van der Waals surface area contributed by atoms with Gasteiger partial charge in [0.05, 0.1) is 33.5 Å². The van der Waals surface area contributed by atoms with Crippen LogP contribution in [-0.2, 0) is 17.6 Å². The largest absolute Gasteiger partial charge is 0.493 e. The van der Waals surface area contributed by atoms with Gasteiger partial charge in [0.15, 0.2) is 23.0 Å². The van der Waals surface area contributed by atoms with Gasteiger partial charge in [-0.15, -0.1) is 0 Å². The Balaban J connectivity index is 1.96. The van der Waals surface area contributed by atoms with Crippen LogP contribution in [0.5, 0.6) is 28.7 Å². The molecule has 0 N–H and O–H groups in total. The van der Waals surface area contributed by atoms with Crippen molar-refractivity contribution in [3.8, 4) is 28.7 Å². The molecule has 1 aliphatic rings. The van der Waals surface area contributed by atoms with Gasteiger partial charge >= 0.3 is 5.97 Å². The van der Waals surface area contributed by atoms with Crippen molar-refractivity contribution in [3.63, 3.8) is 0 Å². The second-order valence-corrected chi connectivity index (χ2v) is 6.49. The molecule has 0 aliphatic carbocycles. The van der Waals surface area contributed by atoms with E-state index in [9.17, 15) is 4.79 Å². The highest BCUT2D eigenvalue weighted by molar-refractivity contribution is 5.93. The van der Waals surface area contributed by atoms with Crippen LogP contribution in [-0.4, -0.2) is 40.7 Å². The smallest absolute Gasteiger partial charge is 0.338 e. The lowest BCUT2D eigenvalue weighted by atomic mass is 9.97. The van der Waals surface area contributed by atoms with Crippen molar-refractivity contribution >= 4 is 5.97 Å². The van der Waals surface area contributed by atoms with Crippen molar-refractivity contribution in [2.75, 3.05) is 34.7 Å². The lowest BCUT2D eigenvalue weighted by Crippen LogP contribution is -2.12. The number of carbonyl (C=O) groups excluding carboxylic acids is 1. The second-order valence-electron chi connectivity index (χ2n) is 6.49. The Kier molecular flexibility index (Phi) is 6.69. The van der Waals surface area contributed by atoms with E-state index >= 15 is 0 Å². The minimum atomic E-state index is -0.410. The molecular formula is C22H26O7. The summed E-state index contributed by atoms with van der Waals surface area (Å²) in [6.07, 6.45) is 1.94. The molecule has 3 rings (SSSR count). The third-order valence-electron chi connectivity index (χ3n) is 4.69. The van der Waals surface area contributed by atoms with Gasteiger partial charge in [-0.05, 0) is 43.0 Å². The number of methoxy groups -OCH3 is 3. The van der Waals surface area contributed by atoms with E-state index in [4.69, 9.17) is 28.4 Å². The molecule has 0 atom stereocenters. The highest BCUT2D eigenvalue weighted by Gasteiger charge is 2.25. The fourth-order valence-corrected chi connectivity index (χ4v) is 3.28. The number of rotatable bonds is 9. The van der Waals surface area contributed by atoms with Gasteiger partial charge in [-0.3, -0.25) is 0 Å². The fourth-order valence-electron chi connectivity index (χ4n) is 3.28. The van der Waals surface area contributed by atoms with Crippen molar-refractivity contribution < 1.29 is 33.2 Å². The average Bonchev–Trinajstić information content (AvgIpc) is 3.22.